The van der Waals surface area contributed by atoms with Gasteiger partial charge in [-0.2, -0.15) is 0 Å². The predicted octanol–water partition coefficient (Wildman–Crippen LogP) is 3.33. The van der Waals surface area contributed by atoms with Crippen LogP contribution in [0.2, 0.25) is 0 Å². The van der Waals surface area contributed by atoms with Crippen molar-refractivity contribution in [3.8, 4) is 0 Å². The van der Waals surface area contributed by atoms with Crippen molar-refractivity contribution in [3.63, 3.8) is 0 Å². The summed E-state index contributed by atoms with van der Waals surface area (Å²) >= 11 is 0. The van der Waals surface area contributed by atoms with Crippen LogP contribution in [0.25, 0.3) is 0 Å². The van der Waals surface area contributed by atoms with Crippen molar-refractivity contribution < 1.29 is 28.5 Å². The molecule has 0 aliphatic heterocycles. The summed E-state index contributed by atoms with van der Waals surface area (Å²) in [6, 6.07) is 10.5. The van der Waals surface area contributed by atoms with Gasteiger partial charge in [-0.05, 0) is 49.1 Å². The molecule has 0 N–H and O–H groups in total. The van der Waals surface area contributed by atoms with Gasteiger partial charge in [0.15, 0.2) is 0 Å². The number of hydrogen-bond acceptors (Lipinski definition) is 0. The van der Waals surface area contributed by atoms with Crippen LogP contribution in [0, 0.1) is 0 Å². The molecule has 2 rings (SSSR count). The lowest BCUT2D eigenvalue weighted by Gasteiger charge is -2.41. The summed E-state index contributed by atoms with van der Waals surface area (Å²) in [7, 11) is 4.86. The molecule has 0 bridgehead atoms. The smallest absolute Gasteiger partial charge is 0.0886 e. The maximum absolute atomic E-state index is 2.43. The molecule has 1 aromatic carbocycles. The Hall–Kier alpha value is -0.0900. The summed E-state index contributed by atoms with van der Waals surface area (Å²) in [6.45, 7) is 5.92. The van der Waals surface area contributed by atoms with E-state index in [1.54, 1.807) is 5.56 Å². The third kappa shape index (κ3) is 7.21. The van der Waals surface area contributed by atoms with E-state index in [0.29, 0.717) is 0 Å². The molecule has 0 heterocycles. The van der Waals surface area contributed by atoms with E-state index in [4.69, 9.17) is 0 Å². The molecule has 0 amide bonds. The molecule has 0 spiro atoms. The maximum atomic E-state index is 2.43. The van der Waals surface area contributed by atoms with Crippen molar-refractivity contribution in [3.05, 3.63) is 35.4 Å². The molecule has 0 atom stereocenters. The maximum Gasteiger partial charge on any atom is 0.0886 e. The Kier molecular flexibility index (Phi) is 10.6. The van der Waals surface area contributed by atoms with Gasteiger partial charge in [-0.15, -0.1) is 0 Å². The van der Waals surface area contributed by atoms with E-state index in [1.165, 1.54) is 80.8 Å². The molecule has 0 unspecified atom stereocenters. The van der Waals surface area contributed by atoms with E-state index in [2.05, 4.69) is 52.2 Å². The Bertz CT molecular complexity index is 457. The van der Waals surface area contributed by atoms with Crippen molar-refractivity contribution >= 4 is 0 Å². The monoisotopic (exact) mass is 457 g/mol. The van der Waals surface area contributed by atoms with Gasteiger partial charge in [-0.1, -0.05) is 57.4 Å². The average Bonchev–Trinajstić information content (AvgIpc) is 2.59. The lowest BCUT2D eigenvalue weighted by Crippen LogP contribution is -3.00. The Labute approximate surface area is 174 Å². The highest BCUT2D eigenvalue weighted by atomic mass is 127. The molecular formula is C23H40IN. The Balaban J connectivity index is 0.00000312. The minimum absolute atomic E-state index is 0. The molecule has 0 aromatic heterocycles. The highest BCUT2D eigenvalue weighted by Gasteiger charge is 2.32. The predicted molar refractivity (Wildman–Crippen MR) is 107 cm³/mol. The lowest BCUT2D eigenvalue weighted by molar-refractivity contribution is -0.916. The number of nitrogens with zero attached hydrogens (tertiary/aromatic N) is 1. The molecule has 0 radical (unpaired) electrons. The first-order valence-corrected chi connectivity index (χ1v) is 10.5. The van der Waals surface area contributed by atoms with Gasteiger partial charge in [0, 0.05) is 12.8 Å². The van der Waals surface area contributed by atoms with Gasteiger partial charge in [0.25, 0.3) is 0 Å². The van der Waals surface area contributed by atoms with Crippen molar-refractivity contribution in [2.45, 2.75) is 90.0 Å². The molecule has 0 saturated heterocycles. The molecule has 25 heavy (non-hydrogen) atoms. The van der Waals surface area contributed by atoms with Crippen LogP contribution >= 0.6 is 0 Å². The van der Waals surface area contributed by atoms with Crippen molar-refractivity contribution in [1.29, 1.82) is 0 Å². The number of hydrogen-bond donors (Lipinski definition) is 0. The summed E-state index contributed by atoms with van der Waals surface area (Å²) in [4.78, 5) is 0. The SMILES string of the molecule is CCCCCCc1ccc(C2CCC([N+](C)(C)CCC)CC2)cc1.[I-]. The number of benzene rings is 1. The fourth-order valence-electron chi connectivity index (χ4n) is 4.58. The van der Waals surface area contributed by atoms with E-state index in [1.807, 2.05) is 0 Å². The lowest BCUT2D eigenvalue weighted by atomic mass is 9.80. The Morgan fingerprint density at radius 1 is 0.840 bits per heavy atom. The molecule has 1 saturated carbocycles. The number of aryl methyl sites for hydroxylation is 1. The van der Waals surface area contributed by atoms with Crippen LogP contribution in [-0.4, -0.2) is 31.2 Å². The Morgan fingerprint density at radius 2 is 1.48 bits per heavy atom. The second-order valence-corrected chi connectivity index (χ2v) is 8.56. The van der Waals surface area contributed by atoms with Crippen LogP contribution in [0.1, 0.15) is 88.7 Å². The normalized spacial score (nSPS) is 21.0. The molecule has 1 aliphatic carbocycles. The fourth-order valence-corrected chi connectivity index (χ4v) is 4.58. The highest BCUT2D eigenvalue weighted by molar-refractivity contribution is 5.26. The topological polar surface area (TPSA) is 0 Å². The summed E-state index contributed by atoms with van der Waals surface area (Å²) < 4.78 is 1.22. The van der Waals surface area contributed by atoms with Crippen LogP contribution in [0.15, 0.2) is 24.3 Å². The van der Waals surface area contributed by atoms with Gasteiger partial charge in [0.1, 0.15) is 0 Å². The first-order valence-electron chi connectivity index (χ1n) is 10.5. The third-order valence-corrected chi connectivity index (χ3v) is 6.26. The molecule has 1 nitrogen and oxygen atoms in total. The minimum Gasteiger partial charge on any atom is -1.00 e. The fraction of sp³-hybridized carbons (Fsp3) is 0.739. The molecule has 1 aliphatic rings. The summed E-state index contributed by atoms with van der Waals surface area (Å²) in [5, 5.41) is 0. The zero-order valence-electron chi connectivity index (χ0n) is 17.1. The van der Waals surface area contributed by atoms with Gasteiger partial charge in [0.2, 0.25) is 0 Å². The third-order valence-electron chi connectivity index (χ3n) is 6.26. The van der Waals surface area contributed by atoms with Crippen LogP contribution in [0.5, 0.6) is 0 Å². The van der Waals surface area contributed by atoms with E-state index in [-0.39, 0.29) is 24.0 Å². The first-order chi connectivity index (χ1) is 11.6. The highest BCUT2D eigenvalue weighted by Crippen LogP contribution is 2.36. The van der Waals surface area contributed by atoms with Crippen LogP contribution in [0.3, 0.4) is 0 Å². The summed E-state index contributed by atoms with van der Waals surface area (Å²) in [6.07, 6.45) is 13.6. The number of rotatable bonds is 9. The van der Waals surface area contributed by atoms with Gasteiger partial charge in [-0.25, -0.2) is 0 Å². The Morgan fingerprint density at radius 3 is 2.04 bits per heavy atom. The standard InChI is InChI=1S/C23H40N.HI/c1-5-7-8-9-10-20-11-13-21(14-12-20)22-15-17-23(18-16-22)24(3,4)19-6-2;/h11-14,22-23H,5-10,15-19H2,1-4H3;1H/q+1;/p-1. The summed E-state index contributed by atoms with van der Waals surface area (Å²) in [5.74, 6) is 0.803. The van der Waals surface area contributed by atoms with Crippen LogP contribution in [-0.2, 0) is 6.42 Å². The average molecular weight is 457 g/mol. The number of halogens is 1. The van der Waals surface area contributed by atoms with Gasteiger partial charge < -0.3 is 28.5 Å². The largest absolute Gasteiger partial charge is 1.00 e. The van der Waals surface area contributed by atoms with Gasteiger partial charge in [0.05, 0.1) is 26.7 Å². The second-order valence-electron chi connectivity index (χ2n) is 8.56. The minimum atomic E-state index is 0. The quantitative estimate of drug-likeness (QED) is 0.303. The van der Waals surface area contributed by atoms with E-state index in [9.17, 15) is 0 Å². The molecule has 1 aromatic rings. The first kappa shape index (κ1) is 23.0. The number of quaternary nitrogens is 1. The summed E-state index contributed by atoms with van der Waals surface area (Å²) in [5.41, 5.74) is 3.12. The van der Waals surface area contributed by atoms with Crippen LogP contribution < -0.4 is 24.0 Å². The van der Waals surface area contributed by atoms with E-state index >= 15 is 0 Å². The molecular weight excluding hydrogens is 417 g/mol. The number of unbranched alkanes of at least 4 members (excludes halogenated alkanes) is 3. The van der Waals surface area contributed by atoms with Crippen molar-refractivity contribution in [2.24, 2.45) is 0 Å². The van der Waals surface area contributed by atoms with Crippen molar-refractivity contribution in [1.82, 2.24) is 0 Å². The van der Waals surface area contributed by atoms with Crippen molar-refractivity contribution in [2.75, 3.05) is 20.6 Å². The van der Waals surface area contributed by atoms with Gasteiger partial charge >= 0.3 is 0 Å². The van der Waals surface area contributed by atoms with E-state index in [0.717, 1.165) is 12.0 Å². The molecule has 2 heteroatoms. The van der Waals surface area contributed by atoms with Gasteiger partial charge in [-0.3, -0.25) is 0 Å². The molecule has 1 fully saturated rings. The molecule has 144 valence electrons. The zero-order valence-corrected chi connectivity index (χ0v) is 19.2. The zero-order chi connectivity index (χ0) is 17.4. The van der Waals surface area contributed by atoms with Crippen LogP contribution in [0.4, 0.5) is 0 Å². The second kappa shape index (κ2) is 11.6. The van der Waals surface area contributed by atoms with E-state index < -0.39 is 0 Å².